The van der Waals surface area contributed by atoms with E-state index >= 15 is 0 Å². The first-order valence-electron chi connectivity index (χ1n) is 8.11. The van der Waals surface area contributed by atoms with Gasteiger partial charge in [-0.1, -0.05) is 0 Å². The van der Waals surface area contributed by atoms with E-state index in [0.29, 0.717) is 6.04 Å². The Labute approximate surface area is 129 Å². The van der Waals surface area contributed by atoms with E-state index in [1.54, 1.807) is 0 Å². The molecule has 0 aromatic heterocycles. The fraction of sp³-hybridized carbons (Fsp3) is 0.667. The van der Waals surface area contributed by atoms with Crippen LogP contribution < -0.4 is 5.32 Å². The number of nitrogens with one attached hydrogen (secondary N) is 1. The summed E-state index contributed by atoms with van der Waals surface area (Å²) in [6.45, 7) is 15.6. The molecule has 1 aromatic rings. The number of nitrogens with zero attached hydrogens (tertiary/aromatic N) is 1. The fourth-order valence-electron chi connectivity index (χ4n) is 3.65. The zero-order valence-corrected chi connectivity index (χ0v) is 14.2. The maximum absolute atomic E-state index is 9.56. The zero-order chi connectivity index (χ0) is 15.6. The largest absolute Gasteiger partial charge is 0.396 e. The highest BCUT2D eigenvalue weighted by Gasteiger charge is 2.26. The summed E-state index contributed by atoms with van der Waals surface area (Å²) in [5.41, 5.74) is 8.50. The second-order valence-electron chi connectivity index (χ2n) is 6.35. The molecule has 3 heteroatoms. The van der Waals surface area contributed by atoms with Gasteiger partial charge in [0.25, 0.3) is 0 Å². The first-order valence-corrected chi connectivity index (χ1v) is 8.11. The van der Waals surface area contributed by atoms with Crippen LogP contribution in [0.3, 0.4) is 0 Å². The van der Waals surface area contributed by atoms with Crippen molar-refractivity contribution in [2.45, 2.75) is 47.1 Å². The van der Waals surface area contributed by atoms with E-state index in [0.717, 1.165) is 32.6 Å². The topological polar surface area (TPSA) is 35.5 Å². The van der Waals surface area contributed by atoms with Crippen LogP contribution in [0, 0.1) is 34.6 Å². The van der Waals surface area contributed by atoms with E-state index in [-0.39, 0.29) is 6.61 Å². The van der Waals surface area contributed by atoms with Gasteiger partial charge in [0.1, 0.15) is 0 Å². The second-order valence-corrected chi connectivity index (χ2v) is 6.35. The van der Waals surface area contributed by atoms with Crippen LogP contribution in [-0.2, 0) is 0 Å². The van der Waals surface area contributed by atoms with Gasteiger partial charge in [0.2, 0.25) is 0 Å². The summed E-state index contributed by atoms with van der Waals surface area (Å²) < 4.78 is 0. The summed E-state index contributed by atoms with van der Waals surface area (Å²) in [5, 5.41) is 13.0. The molecule has 0 unspecified atom stereocenters. The highest BCUT2D eigenvalue weighted by atomic mass is 16.3. The molecule has 0 aliphatic carbocycles. The lowest BCUT2D eigenvalue weighted by molar-refractivity contribution is 0.140. The van der Waals surface area contributed by atoms with E-state index in [2.05, 4.69) is 44.8 Å². The van der Waals surface area contributed by atoms with Crippen LogP contribution in [0.2, 0.25) is 0 Å². The maximum atomic E-state index is 9.56. The molecule has 0 saturated carbocycles. The molecule has 21 heavy (non-hydrogen) atoms. The normalized spacial score (nSPS) is 18.0. The number of hydrogen-bond donors (Lipinski definition) is 2. The predicted molar refractivity (Wildman–Crippen MR) is 89.0 cm³/mol. The van der Waals surface area contributed by atoms with Crippen molar-refractivity contribution in [1.82, 2.24) is 10.2 Å². The van der Waals surface area contributed by atoms with E-state index < -0.39 is 0 Å². The third-order valence-electron chi connectivity index (χ3n) is 5.39. The Balaban J connectivity index is 2.49. The number of hydrogen-bond acceptors (Lipinski definition) is 3. The van der Waals surface area contributed by atoms with Gasteiger partial charge in [-0.3, -0.25) is 4.90 Å². The molecular weight excluding hydrogens is 260 g/mol. The molecular formula is C18H30N2O. The highest BCUT2D eigenvalue weighted by molar-refractivity contribution is 5.50. The summed E-state index contributed by atoms with van der Waals surface area (Å²) in [6.07, 6.45) is 0.823. The lowest BCUT2D eigenvalue weighted by Crippen LogP contribution is -2.45. The molecule has 1 atom stereocenters. The number of benzene rings is 1. The number of rotatable bonds is 4. The van der Waals surface area contributed by atoms with Crippen molar-refractivity contribution in [1.29, 1.82) is 0 Å². The van der Waals surface area contributed by atoms with Gasteiger partial charge < -0.3 is 10.4 Å². The maximum Gasteiger partial charge on any atom is 0.0449 e. The minimum absolute atomic E-state index is 0.249. The van der Waals surface area contributed by atoms with Gasteiger partial charge in [0, 0.05) is 38.8 Å². The van der Waals surface area contributed by atoms with Crippen molar-refractivity contribution in [3.63, 3.8) is 0 Å². The quantitative estimate of drug-likeness (QED) is 0.894. The smallest absolute Gasteiger partial charge is 0.0449 e. The molecule has 3 nitrogen and oxygen atoms in total. The van der Waals surface area contributed by atoms with Crippen LogP contribution in [0.1, 0.15) is 45.8 Å². The lowest BCUT2D eigenvalue weighted by atomic mass is 9.84. The molecule has 0 radical (unpaired) electrons. The van der Waals surface area contributed by atoms with Crippen molar-refractivity contribution in [2.75, 3.05) is 32.8 Å². The van der Waals surface area contributed by atoms with Gasteiger partial charge >= 0.3 is 0 Å². The van der Waals surface area contributed by atoms with E-state index in [4.69, 9.17) is 0 Å². The molecule has 1 aliphatic rings. The summed E-state index contributed by atoms with van der Waals surface area (Å²) in [6, 6.07) is 0.343. The monoisotopic (exact) mass is 290 g/mol. The molecule has 1 heterocycles. The first-order chi connectivity index (χ1) is 9.99. The summed E-state index contributed by atoms with van der Waals surface area (Å²) >= 11 is 0. The Morgan fingerprint density at radius 2 is 1.38 bits per heavy atom. The highest BCUT2D eigenvalue weighted by Crippen LogP contribution is 2.35. The Morgan fingerprint density at radius 3 is 1.86 bits per heavy atom. The zero-order valence-electron chi connectivity index (χ0n) is 14.2. The van der Waals surface area contributed by atoms with E-state index in [9.17, 15) is 5.11 Å². The fourth-order valence-corrected chi connectivity index (χ4v) is 3.65. The van der Waals surface area contributed by atoms with Crippen molar-refractivity contribution < 1.29 is 5.11 Å². The van der Waals surface area contributed by atoms with Gasteiger partial charge in [-0.15, -0.1) is 0 Å². The van der Waals surface area contributed by atoms with Crippen LogP contribution in [-0.4, -0.2) is 42.8 Å². The Morgan fingerprint density at radius 1 is 0.905 bits per heavy atom. The van der Waals surface area contributed by atoms with Crippen LogP contribution in [0.4, 0.5) is 0 Å². The average Bonchev–Trinajstić information content (AvgIpc) is 2.51. The molecule has 0 spiro atoms. The van der Waals surface area contributed by atoms with Crippen LogP contribution in [0.5, 0.6) is 0 Å². The van der Waals surface area contributed by atoms with Crippen LogP contribution in [0.15, 0.2) is 0 Å². The number of aliphatic hydroxyl groups is 1. The molecule has 118 valence electrons. The molecule has 0 amide bonds. The number of piperazine rings is 1. The Kier molecular flexibility index (Phi) is 5.42. The first kappa shape index (κ1) is 16.5. The molecule has 1 aromatic carbocycles. The lowest BCUT2D eigenvalue weighted by Gasteiger charge is -2.37. The van der Waals surface area contributed by atoms with Crippen molar-refractivity contribution >= 4 is 0 Å². The minimum atomic E-state index is 0.249. The van der Waals surface area contributed by atoms with Gasteiger partial charge in [-0.05, 0) is 74.4 Å². The molecule has 1 fully saturated rings. The van der Waals surface area contributed by atoms with E-state index in [1.165, 1.54) is 33.4 Å². The summed E-state index contributed by atoms with van der Waals surface area (Å²) in [5.74, 6) is 0. The van der Waals surface area contributed by atoms with Gasteiger partial charge in [-0.25, -0.2) is 0 Å². The molecule has 0 bridgehead atoms. The van der Waals surface area contributed by atoms with Gasteiger partial charge in [0.05, 0.1) is 0 Å². The Bertz CT molecular complexity index is 475. The van der Waals surface area contributed by atoms with Crippen molar-refractivity contribution in [3.05, 3.63) is 33.4 Å². The molecule has 2 rings (SSSR count). The van der Waals surface area contributed by atoms with E-state index in [1.807, 2.05) is 0 Å². The summed E-state index contributed by atoms with van der Waals surface area (Å²) in [4.78, 5) is 2.54. The third-order valence-corrected chi connectivity index (χ3v) is 5.39. The Hall–Kier alpha value is -0.900. The minimum Gasteiger partial charge on any atom is -0.396 e. The third kappa shape index (κ3) is 3.15. The average molecular weight is 290 g/mol. The standard InChI is InChI=1S/C18H30N2O/c1-12-13(2)15(4)18(16(5)14(12)3)17(6-11-21)20-9-7-19-8-10-20/h17,19,21H,6-11H2,1-5H3/t17-/m0/s1. The predicted octanol–water partition coefficient (Wildman–Crippen LogP) is 2.56. The van der Waals surface area contributed by atoms with Crippen molar-refractivity contribution in [2.24, 2.45) is 0 Å². The molecule has 2 N–H and O–H groups in total. The van der Waals surface area contributed by atoms with Gasteiger partial charge in [0.15, 0.2) is 0 Å². The second kappa shape index (κ2) is 6.91. The molecule has 1 aliphatic heterocycles. The van der Waals surface area contributed by atoms with Crippen LogP contribution >= 0.6 is 0 Å². The SMILES string of the molecule is Cc1c(C)c(C)c([C@H](CCO)N2CCNCC2)c(C)c1C. The van der Waals surface area contributed by atoms with Crippen LogP contribution in [0.25, 0.3) is 0 Å². The van der Waals surface area contributed by atoms with Crippen molar-refractivity contribution in [3.8, 4) is 0 Å². The van der Waals surface area contributed by atoms with Gasteiger partial charge in [-0.2, -0.15) is 0 Å². The summed E-state index contributed by atoms with van der Waals surface area (Å²) in [7, 11) is 0. The molecule has 1 saturated heterocycles. The number of aliphatic hydroxyl groups excluding tert-OH is 1.